The van der Waals surface area contributed by atoms with Crippen LogP contribution in [0.5, 0.6) is 0 Å². The number of hydrogen-bond donors (Lipinski definition) is 2. The van der Waals surface area contributed by atoms with Gasteiger partial charge in [0.2, 0.25) is 0 Å². The van der Waals surface area contributed by atoms with Crippen molar-refractivity contribution in [1.82, 2.24) is 0 Å². The molecule has 1 aromatic rings. The van der Waals surface area contributed by atoms with E-state index in [0.717, 1.165) is 37.8 Å². The minimum Gasteiger partial charge on any atom is -0.394 e. The molecule has 0 bridgehead atoms. The second-order valence-electron chi connectivity index (χ2n) is 5.35. The number of nitrogens with two attached hydrogens (primary N) is 1. The molecule has 1 aliphatic rings. The van der Waals surface area contributed by atoms with Crippen molar-refractivity contribution >= 4 is 5.69 Å². The lowest BCUT2D eigenvalue weighted by Gasteiger charge is -2.33. The van der Waals surface area contributed by atoms with Gasteiger partial charge in [-0.15, -0.1) is 0 Å². The highest BCUT2D eigenvalue weighted by molar-refractivity contribution is 5.57. The van der Waals surface area contributed by atoms with E-state index in [9.17, 15) is 9.50 Å². The lowest BCUT2D eigenvalue weighted by molar-refractivity contribution is 0.254. The van der Waals surface area contributed by atoms with Gasteiger partial charge in [0.1, 0.15) is 5.82 Å². The molecule has 2 rings (SSSR count). The summed E-state index contributed by atoms with van der Waals surface area (Å²) in [5, 5.41) is 9.57. The summed E-state index contributed by atoms with van der Waals surface area (Å²) in [7, 11) is 0. The zero-order valence-corrected chi connectivity index (χ0v) is 11.5. The number of nitrogens with zero attached hydrogens (tertiary/aromatic N) is 1. The van der Waals surface area contributed by atoms with Gasteiger partial charge in [0.25, 0.3) is 0 Å². The van der Waals surface area contributed by atoms with Crippen molar-refractivity contribution in [2.45, 2.75) is 44.7 Å². The van der Waals surface area contributed by atoms with E-state index in [1.165, 1.54) is 6.07 Å². The molecule has 1 aliphatic heterocycles. The molecule has 0 aliphatic carbocycles. The maximum atomic E-state index is 14.3. The molecule has 0 saturated carbocycles. The molecule has 106 valence electrons. The molecule has 0 aromatic heterocycles. The van der Waals surface area contributed by atoms with Crippen molar-refractivity contribution in [3.63, 3.8) is 0 Å². The first kappa shape index (κ1) is 14.3. The largest absolute Gasteiger partial charge is 0.394 e. The molecule has 0 amide bonds. The van der Waals surface area contributed by atoms with Crippen molar-refractivity contribution in [2.24, 2.45) is 5.73 Å². The molecule has 0 radical (unpaired) electrons. The maximum absolute atomic E-state index is 14.3. The zero-order valence-electron chi connectivity index (χ0n) is 11.5. The molecule has 3 nitrogen and oxygen atoms in total. The van der Waals surface area contributed by atoms with Gasteiger partial charge in [-0.2, -0.15) is 0 Å². The van der Waals surface area contributed by atoms with E-state index >= 15 is 0 Å². The summed E-state index contributed by atoms with van der Waals surface area (Å²) < 4.78 is 14.3. The van der Waals surface area contributed by atoms with Gasteiger partial charge in [-0.3, -0.25) is 0 Å². The molecule has 3 N–H and O–H groups in total. The zero-order chi connectivity index (χ0) is 13.8. The average Bonchev–Trinajstić information content (AvgIpc) is 2.63. The van der Waals surface area contributed by atoms with Crippen LogP contribution < -0.4 is 10.6 Å². The Kier molecular flexibility index (Phi) is 4.77. The average molecular weight is 266 g/mol. The van der Waals surface area contributed by atoms with Crippen molar-refractivity contribution in [3.8, 4) is 0 Å². The Morgan fingerprint density at radius 1 is 1.42 bits per heavy atom. The lowest BCUT2D eigenvalue weighted by atomic mass is 10.0. The number of benzene rings is 1. The Morgan fingerprint density at radius 3 is 2.89 bits per heavy atom. The van der Waals surface area contributed by atoms with Crippen molar-refractivity contribution in [2.75, 3.05) is 18.1 Å². The summed E-state index contributed by atoms with van der Waals surface area (Å²) in [5.74, 6) is -0.241. The Bertz CT molecular complexity index is 423. The van der Waals surface area contributed by atoms with E-state index in [2.05, 4.69) is 0 Å². The van der Waals surface area contributed by atoms with E-state index in [1.807, 2.05) is 17.9 Å². The van der Waals surface area contributed by atoms with Crippen LogP contribution in [0, 0.1) is 5.82 Å². The Morgan fingerprint density at radius 2 is 2.21 bits per heavy atom. The van der Waals surface area contributed by atoms with E-state index in [1.54, 1.807) is 6.07 Å². The smallest absolute Gasteiger partial charge is 0.146 e. The summed E-state index contributed by atoms with van der Waals surface area (Å²) in [6.45, 7) is 2.71. The number of halogens is 1. The fraction of sp³-hybridized carbons (Fsp3) is 0.600. The van der Waals surface area contributed by atoms with Gasteiger partial charge in [0.15, 0.2) is 0 Å². The predicted octanol–water partition coefficient (Wildman–Crippen LogP) is 2.59. The third-order valence-corrected chi connectivity index (χ3v) is 3.88. The number of hydrogen-bond acceptors (Lipinski definition) is 3. The second-order valence-corrected chi connectivity index (χ2v) is 5.35. The predicted molar refractivity (Wildman–Crippen MR) is 75.7 cm³/mol. The van der Waals surface area contributed by atoms with Gasteiger partial charge in [-0.05, 0) is 31.4 Å². The highest BCUT2D eigenvalue weighted by Gasteiger charge is 2.25. The van der Waals surface area contributed by atoms with Crippen LogP contribution in [-0.4, -0.2) is 24.3 Å². The van der Waals surface area contributed by atoms with E-state index in [-0.39, 0.29) is 24.5 Å². The number of rotatable bonds is 3. The summed E-state index contributed by atoms with van der Waals surface area (Å²) in [4.78, 5) is 2.01. The van der Waals surface area contributed by atoms with Gasteiger partial charge in [-0.25, -0.2) is 4.39 Å². The topological polar surface area (TPSA) is 49.5 Å². The minimum atomic E-state index is -0.241. The number of anilines is 1. The summed E-state index contributed by atoms with van der Waals surface area (Å²) in [5.41, 5.74) is 7.36. The third-order valence-electron chi connectivity index (χ3n) is 3.88. The molecule has 1 fully saturated rings. The van der Waals surface area contributed by atoms with Crippen LogP contribution in [0.15, 0.2) is 18.2 Å². The number of aliphatic hydroxyl groups is 1. The first-order valence-corrected chi connectivity index (χ1v) is 7.06. The quantitative estimate of drug-likeness (QED) is 0.884. The Labute approximate surface area is 114 Å². The van der Waals surface area contributed by atoms with Gasteiger partial charge in [0, 0.05) is 12.6 Å². The van der Waals surface area contributed by atoms with Gasteiger partial charge in [-0.1, -0.05) is 25.0 Å². The molecule has 4 heteroatoms. The van der Waals surface area contributed by atoms with Gasteiger partial charge >= 0.3 is 0 Å². The summed E-state index contributed by atoms with van der Waals surface area (Å²) in [6.07, 6.45) is 4.16. The molecular weight excluding hydrogens is 243 g/mol. The third kappa shape index (κ3) is 3.07. The minimum absolute atomic E-state index is 0.00287. The van der Waals surface area contributed by atoms with Crippen LogP contribution in [0.4, 0.5) is 10.1 Å². The summed E-state index contributed by atoms with van der Waals surface area (Å²) in [6, 6.07) is 4.83. The molecule has 1 aromatic carbocycles. The fourth-order valence-corrected chi connectivity index (χ4v) is 2.86. The lowest BCUT2D eigenvalue weighted by Crippen LogP contribution is -2.39. The summed E-state index contributed by atoms with van der Waals surface area (Å²) >= 11 is 0. The van der Waals surface area contributed by atoms with Crippen LogP contribution in [0.1, 0.15) is 44.2 Å². The Hall–Kier alpha value is -1.13. The van der Waals surface area contributed by atoms with Crippen LogP contribution >= 0.6 is 0 Å². The van der Waals surface area contributed by atoms with Crippen LogP contribution in [0.25, 0.3) is 0 Å². The fourth-order valence-electron chi connectivity index (χ4n) is 2.86. The van der Waals surface area contributed by atoms with Crippen molar-refractivity contribution in [3.05, 3.63) is 29.6 Å². The maximum Gasteiger partial charge on any atom is 0.146 e. The molecule has 0 spiro atoms. The molecule has 19 heavy (non-hydrogen) atoms. The Balaban J connectivity index is 2.42. The van der Waals surface area contributed by atoms with E-state index in [4.69, 9.17) is 5.73 Å². The molecular formula is C15H23FN2O. The number of para-hydroxylation sites is 1. The van der Waals surface area contributed by atoms with E-state index < -0.39 is 0 Å². The highest BCUT2D eigenvalue weighted by atomic mass is 19.1. The molecule has 1 saturated heterocycles. The molecule has 2 atom stereocenters. The second kappa shape index (κ2) is 6.35. The van der Waals surface area contributed by atoms with Crippen LogP contribution in [0.3, 0.4) is 0 Å². The van der Waals surface area contributed by atoms with Gasteiger partial charge < -0.3 is 15.7 Å². The standard InChI is InChI=1S/C15H23FN2O/c1-11(17)13-7-5-8-14(16)15(13)18-9-4-2-3-6-12(18)10-19/h5,7-8,11-12,19H,2-4,6,9-10,17H2,1H3/t11-,12?/m0/s1. The first-order chi connectivity index (χ1) is 9.15. The van der Waals surface area contributed by atoms with Crippen molar-refractivity contribution < 1.29 is 9.50 Å². The first-order valence-electron chi connectivity index (χ1n) is 7.06. The molecule has 1 unspecified atom stereocenters. The van der Waals surface area contributed by atoms with Crippen LogP contribution in [0.2, 0.25) is 0 Å². The monoisotopic (exact) mass is 266 g/mol. The highest BCUT2D eigenvalue weighted by Crippen LogP contribution is 2.32. The van der Waals surface area contributed by atoms with Crippen molar-refractivity contribution in [1.29, 1.82) is 0 Å². The SMILES string of the molecule is C[C@H](N)c1cccc(F)c1N1CCCCCC1CO. The molecule has 1 heterocycles. The van der Waals surface area contributed by atoms with Crippen LogP contribution in [-0.2, 0) is 0 Å². The number of aliphatic hydroxyl groups excluding tert-OH is 1. The normalized spacial score (nSPS) is 22.1. The van der Waals surface area contributed by atoms with E-state index in [0.29, 0.717) is 5.69 Å². The van der Waals surface area contributed by atoms with Gasteiger partial charge in [0.05, 0.1) is 18.3 Å².